The number of rotatable bonds is 9. The summed E-state index contributed by atoms with van der Waals surface area (Å²) >= 11 is 6.43. The quantitative estimate of drug-likeness (QED) is 0.254. The zero-order valence-corrected chi connectivity index (χ0v) is 20.1. The largest absolute Gasteiger partial charge is 0.485 e. The molecule has 1 N–H and O–H groups in total. The number of aliphatic carboxylic acids is 1. The maximum atomic E-state index is 13.1. The van der Waals surface area contributed by atoms with Crippen LogP contribution in [-0.4, -0.2) is 44.6 Å². The van der Waals surface area contributed by atoms with Crippen LogP contribution in [0.3, 0.4) is 0 Å². The Kier molecular flexibility index (Phi) is 7.74. The van der Waals surface area contributed by atoms with Crippen LogP contribution in [0.15, 0.2) is 89.8 Å². The lowest BCUT2D eigenvalue weighted by molar-refractivity contribution is -0.145. The van der Waals surface area contributed by atoms with E-state index in [-0.39, 0.29) is 23.1 Å². The highest BCUT2D eigenvalue weighted by molar-refractivity contribution is 8.26. The highest BCUT2D eigenvalue weighted by Crippen LogP contribution is 2.35. The second kappa shape index (κ2) is 11.1. The number of ether oxygens (including phenoxy) is 1. The number of carbonyl (C=O) groups is 3. The molecule has 0 aliphatic carbocycles. The summed E-state index contributed by atoms with van der Waals surface area (Å²) in [6, 6.07) is 23.9. The van der Waals surface area contributed by atoms with Gasteiger partial charge in [0.2, 0.25) is 0 Å². The van der Waals surface area contributed by atoms with Crippen LogP contribution in [0, 0.1) is 0 Å². The first-order chi connectivity index (χ1) is 16.9. The topological polar surface area (TPSA) is 83.9 Å². The van der Waals surface area contributed by atoms with Crippen LogP contribution < -0.4 is 4.74 Å². The van der Waals surface area contributed by atoms with Crippen molar-refractivity contribution in [2.75, 3.05) is 6.61 Å². The Balaban J connectivity index is 1.43. The van der Waals surface area contributed by atoms with Crippen LogP contribution in [0.1, 0.15) is 21.5 Å². The third kappa shape index (κ3) is 6.03. The van der Waals surface area contributed by atoms with E-state index in [1.54, 1.807) is 54.6 Å². The van der Waals surface area contributed by atoms with Gasteiger partial charge in [0.05, 0.1) is 4.91 Å². The van der Waals surface area contributed by atoms with Crippen molar-refractivity contribution in [1.82, 2.24) is 4.90 Å². The lowest BCUT2D eigenvalue weighted by Crippen LogP contribution is -2.45. The second-order valence-electron chi connectivity index (χ2n) is 7.74. The minimum absolute atomic E-state index is 0.0833. The van der Waals surface area contributed by atoms with Crippen LogP contribution in [0.25, 0.3) is 6.08 Å². The molecule has 1 fully saturated rings. The SMILES string of the molecule is O=C(COc1ccc(/C=C2\SC(=S)N([C@@H](Cc3ccccc3)C(=O)O)C2=O)cc1)c1ccccc1. The Morgan fingerprint density at radius 3 is 2.23 bits per heavy atom. The fourth-order valence-corrected chi connectivity index (χ4v) is 4.90. The number of amides is 1. The van der Waals surface area contributed by atoms with E-state index >= 15 is 0 Å². The fourth-order valence-electron chi connectivity index (χ4n) is 3.54. The molecule has 0 saturated carbocycles. The molecule has 176 valence electrons. The Bertz CT molecular complexity index is 1270. The number of carbonyl (C=O) groups excluding carboxylic acids is 2. The van der Waals surface area contributed by atoms with Gasteiger partial charge >= 0.3 is 5.97 Å². The van der Waals surface area contributed by atoms with E-state index < -0.39 is 17.9 Å². The molecule has 35 heavy (non-hydrogen) atoms. The highest BCUT2D eigenvalue weighted by atomic mass is 32.2. The molecule has 0 aromatic heterocycles. The first-order valence-corrected chi connectivity index (χ1v) is 12.0. The molecule has 0 bridgehead atoms. The number of carboxylic acids is 1. The third-order valence-corrected chi connectivity index (χ3v) is 6.67. The van der Waals surface area contributed by atoms with Gasteiger partial charge in [-0.15, -0.1) is 0 Å². The number of ketones is 1. The van der Waals surface area contributed by atoms with Gasteiger partial charge in [-0.1, -0.05) is 96.8 Å². The predicted molar refractivity (Wildman–Crippen MR) is 139 cm³/mol. The molecule has 1 heterocycles. The molecule has 6 nitrogen and oxygen atoms in total. The monoisotopic (exact) mass is 503 g/mol. The van der Waals surface area contributed by atoms with Crippen LogP contribution in [0.4, 0.5) is 0 Å². The summed E-state index contributed by atoms with van der Waals surface area (Å²) in [5.41, 5.74) is 2.11. The van der Waals surface area contributed by atoms with Crippen molar-refractivity contribution in [3.8, 4) is 5.75 Å². The normalized spacial score (nSPS) is 15.3. The zero-order valence-electron chi connectivity index (χ0n) is 18.5. The molecule has 1 aliphatic heterocycles. The van der Waals surface area contributed by atoms with E-state index in [9.17, 15) is 19.5 Å². The van der Waals surface area contributed by atoms with Gasteiger partial charge in [0.1, 0.15) is 16.1 Å². The summed E-state index contributed by atoms with van der Waals surface area (Å²) in [7, 11) is 0. The van der Waals surface area contributed by atoms with Gasteiger partial charge in [0.15, 0.2) is 12.4 Å². The summed E-state index contributed by atoms with van der Waals surface area (Å²) in [6.45, 7) is -0.0833. The molecule has 3 aromatic carbocycles. The average molecular weight is 504 g/mol. The number of Topliss-reactive ketones (excluding diaryl/α,β-unsaturated/α-hetero) is 1. The van der Waals surface area contributed by atoms with Gasteiger partial charge in [-0.2, -0.15) is 0 Å². The number of nitrogens with zero attached hydrogens (tertiary/aromatic N) is 1. The third-order valence-electron chi connectivity index (χ3n) is 5.34. The van der Waals surface area contributed by atoms with Crippen molar-refractivity contribution in [3.05, 3.63) is 107 Å². The number of thioether (sulfide) groups is 1. The van der Waals surface area contributed by atoms with E-state index in [0.29, 0.717) is 16.2 Å². The lowest BCUT2D eigenvalue weighted by atomic mass is 10.0. The molecule has 1 saturated heterocycles. The standard InChI is InChI=1S/C27H21NO5S2/c29-23(20-9-5-2-6-10-20)17-33-21-13-11-19(12-14-21)16-24-25(30)28(27(34)35-24)22(26(31)32)15-18-7-3-1-4-8-18/h1-14,16,22H,15,17H2,(H,31,32)/b24-16-/t22-/m0/s1. The lowest BCUT2D eigenvalue weighted by Gasteiger charge is -2.23. The van der Waals surface area contributed by atoms with Crippen LogP contribution in [0.2, 0.25) is 0 Å². The first kappa shape index (κ1) is 24.4. The molecule has 1 aliphatic rings. The Labute approximate surface area is 212 Å². The van der Waals surface area contributed by atoms with Crippen molar-refractivity contribution in [2.45, 2.75) is 12.5 Å². The maximum absolute atomic E-state index is 13.1. The molecule has 0 radical (unpaired) electrons. The summed E-state index contributed by atoms with van der Waals surface area (Å²) in [4.78, 5) is 38.7. The van der Waals surface area contributed by atoms with Gasteiger partial charge in [0, 0.05) is 12.0 Å². The minimum atomic E-state index is -1.11. The van der Waals surface area contributed by atoms with E-state index in [2.05, 4.69) is 0 Å². The Morgan fingerprint density at radius 1 is 0.971 bits per heavy atom. The summed E-state index contributed by atoms with van der Waals surface area (Å²) in [5.74, 6) is -1.15. The molecule has 0 spiro atoms. The van der Waals surface area contributed by atoms with Crippen LogP contribution in [0.5, 0.6) is 5.75 Å². The van der Waals surface area contributed by atoms with Gasteiger partial charge in [0.25, 0.3) is 5.91 Å². The summed E-state index contributed by atoms with van der Waals surface area (Å²) in [5, 5.41) is 9.78. The fraction of sp³-hybridized carbons (Fsp3) is 0.111. The molecular formula is C27H21NO5S2. The van der Waals surface area contributed by atoms with Gasteiger partial charge < -0.3 is 9.84 Å². The zero-order chi connectivity index (χ0) is 24.8. The van der Waals surface area contributed by atoms with Gasteiger partial charge in [-0.3, -0.25) is 14.5 Å². The first-order valence-electron chi connectivity index (χ1n) is 10.8. The van der Waals surface area contributed by atoms with E-state index in [4.69, 9.17) is 17.0 Å². The second-order valence-corrected chi connectivity index (χ2v) is 9.42. The molecule has 3 aromatic rings. The average Bonchev–Trinajstić information content (AvgIpc) is 3.15. The molecule has 4 rings (SSSR count). The Morgan fingerprint density at radius 2 is 1.60 bits per heavy atom. The number of hydrogen-bond donors (Lipinski definition) is 1. The number of benzene rings is 3. The molecule has 1 atom stereocenters. The van der Waals surface area contributed by atoms with E-state index in [0.717, 1.165) is 22.9 Å². The van der Waals surface area contributed by atoms with E-state index in [1.165, 1.54) is 4.90 Å². The molecule has 8 heteroatoms. The summed E-state index contributed by atoms with van der Waals surface area (Å²) < 4.78 is 5.79. The van der Waals surface area contributed by atoms with Crippen molar-refractivity contribution in [1.29, 1.82) is 0 Å². The van der Waals surface area contributed by atoms with Crippen molar-refractivity contribution < 1.29 is 24.2 Å². The Hall–Kier alpha value is -3.75. The molecular weight excluding hydrogens is 482 g/mol. The minimum Gasteiger partial charge on any atom is -0.485 e. The van der Waals surface area contributed by atoms with Gasteiger partial charge in [-0.25, -0.2) is 4.79 Å². The van der Waals surface area contributed by atoms with Crippen LogP contribution in [-0.2, 0) is 16.0 Å². The number of carboxylic acid groups (broad SMARTS) is 1. The smallest absolute Gasteiger partial charge is 0.327 e. The van der Waals surface area contributed by atoms with Crippen LogP contribution >= 0.6 is 24.0 Å². The maximum Gasteiger partial charge on any atom is 0.327 e. The van der Waals surface area contributed by atoms with E-state index in [1.807, 2.05) is 36.4 Å². The number of thiocarbonyl (C=S) groups is 1. The molecule has 0 unspecified atom stereocenters. The van der Waals surface area contributed by atoms with Crippen molar-refractivity contribution in [3.63, 3.8) is 0 Å². The van der Waals surface area contributed by atoms with Crippen molar-refractivity contribution in [2.24, 2.45) is 0 Å². The predicted octanol–water partition coefficient (Wildman–Crippen LogP) is 4.85. The highest BCUT2D eigenvalue weighted by Gasteiger charge is 2.40. The van der Waals surface area contributed by atoms with Crippen molar-refractivity contribution >= 4 is 52.0 Å². The van der Waals surface area contributed by atoms with Gasteiger partial charge in [-0.05, 0) is 29.3 Å². The molecule has 1 amide bonds. The summed E-state index contributed by atoms with van der Waals surface area (Å²) in [6.07, 6.45) is 1.82. The number of hydrogen-bond acceptors (Lipinski definition) is 6.